The molecule has 6 heteroatoms. The molecule has 6 nitrogen and oxygen atoms in total. The van der Waals surface area contributed by atoms with Gasteiger partial charge in [0.2, 0.25) is 0 Å². The highest BCUT2D eigenvalue weighted by Gasteiger charge is 2.24. The molecule has 1 aliphatic heterocycles. The van der Waals surface area contributed by atoms with Crippen molar-refractivity contribution < 1.29 is 4.79 Å². The summed E-state index contributed by atoms with van der Waals surface area (Å²) in [6.07, 6.45) is 0. The fourth-order valence-electron chi connectivity index (χ4n) is 3.45. The van der Waals surface area contributed by atoms with Gasteiger partial charge in [-0.05, 0) is 29.0 Å². The van der Waals surface area contributed by atoms with E-state index in [1.165, 1.54) is 0 Å². The lowest BCUT2D eigenvalue weighted by atomic mass is 10.0. The largest absolute Gasteiger partial charge is 0.361 e. The average Bonchev–Trinajstić information content (AvgIpc) is 2.73. The van der Waals surface area contributed by atoms with E-state index in [-0.39, 0.29) is 5.91 Å². The Morgan fingerprint density at radius 2 is 1.63 bits per heavy atom. The number of piperazine rings is 1. The van der Waals surface area contributed by atoms with Gasteiger partial charge in [-0.25, -0.2) is 0 Å². The molecule has 1 fully saturated rings. The van der Waals surface area contributed by atoms with E-state index in [1.54, 1.807) is 0 Å². The van der Waals surface area contributed by atoms with Crippen LogP contribution in [0.1, 0.15) is 10.4 Å². The third-order valence-electron chi connectivity index (χ3n) is 5.01. The maximum absolute atomic E-state index is 13.1. The highest BCUT2D eigenvalue weighted by molar-refractivity contribution is 6.07. The first-order valence-corrected chi connectivity index (χ1v) is 9.16. The van der Waals surface area contributed by atoms with Crippen molar-refractivity contribution in [3.63, 3.8) is 0 Å². The quantitative estimate of drug-likeness (QED) is 0.718. The van der Waals surface area contributed by atoms with Crippen molar-refractivity contribution in [3.8, 4) is 0 Å². The van der Waals surface area contributed by atoms with Crippen molar-refractivity contribution >= 4 is 28.3 Å². The van der Waals surface area contributed by atoms with Crippen LogP contribution in [0.2, 0.25) is 0 Å². The molecule has 2 aromatic carbocycles. The van der Waals surface area contributed by atoms with Crippen molar-refractivity contribution in [2.45, 2.75) is 0 Å². The number of hydrogen-bond acceptors (Lipinski definition) is 5. The molecule has 0 radical (unpaired) electrons. The number of amides is 1. The molecular formula is C21H23N5O. The Balaban J connectivity index is 1.46. The SMILES string of the molecule is CN(C)c1ccc(N2CCN(C(=O)c3cccc4ccccc34)CC2)nn1. The summed E-state index contributed by atoms with van der Waals surface area (Å²) in [5.41, 5.74) is 0.775. The van der Waals surface area contributed by atoms with Crippen molar-refractivity contribution in [1.29, 1.82) is 0 Å². The van der Waals surface area contributed by atoms with Crippen LogP contribution in [-0.4, -0.2) is 61.3 Å². The Kier molecular flexibility index (Phi) is 4.62. The second kappa shape index (κ2) is 7.23. The normalized spacial score (nSPS) is 14.4. The summed E-state index contributed by atoms with van der Waals surface area (Å²) < 4.78 is 0. The molecule has 2 heterocycles. The lowest BCUT2D eigenvalue weighted by Gasteiger charge is -2.35. The fraction of sp³-hybridized carbons (Fsp3) is 0.286. The molecule has 0 atom stereocenters. The van der Waals surface area contributed by atoms with Crippen molar-refractivity contribution in [2.75, 3.05) is 50.1 Å². The van der Waals surface area contributed by atoms with Crippen LogP contribution in [0.5, 0.6) is 0 Å². The third-order valence-corrected chi connectivity index (χ3v) is 5.01. The second-order valence-corrected chi connectivity index (χ2v) is 6.95. The average molecular weight is 361 g/mol. The molecule has 0 aliphatic carbocycles. The number of benzene rings is 2. The van der Waals surface area contributed by atoms with E-state index in [2.05, 4.69) is 15.1 Å². The molecule has 0 spiro atoms. The Morgan fingerprint density at radius 3 is 2.33 bits per heavy atom. The van der Waals surface area contributed by atoms with Gasteiger partial charge in [-0.1, -0.05) is 36.4 Å². The number of hydrogen-bond donors (Lipinski definition) is 0. The van der Waals surface area contributed by atoms with Crippen LogP contribution in [0.15, 0.2) is 54.6 Å². The Labute approximate surface area is 159 Å². The molecule has 4 rings (SSSR count). The van der Waals surface area contributed by atoms with E-state index < -0.39 is 0 Å². The van der Waals surface area contributed by atoms with E-state index >= 15 is 0 Å². The standard InChI is InChI=1S/C21H23N5O/c1-24(2)19-10-11-20(23-22-19)25-12-14-26(15-13-25)21(27)18-9-5-7-16-6-3-4-8-17(16)18/h3-11H,12-15H2,1-2H3. The first kappa shape index (κ1) is 17.3. The smallest absolute Gasteiger partial charge is 0.254 e. The van der Waals surface area contributed by atoms with E-state index in [0.717, 1.165) is 41.1 Å². The van der Waals surface area contributed by atoms with Gasteiger partial charge in [0.05, 0.1) is 0 Å². The number of carbonyl (C=O) groups excluding carboxylic acids is 1. The minimum atomic E-state index is 0.0977. The van der Waals surface area contributed by atoms with Gasteiger partial charge in [0.15, 0.2) is 11.6 Å². The van der Waals surface area contributed by atoms with Gasteiger partial charge >= 0.3 is 0 Å². The summed E-state index contributed by atoms with van der Waals surface area (Å²) in [4.78, 5) is 19.1. The fourth-order valence-corrected chi connectivity index (χ4v) is 3.45. The highest BCUT2D eigenvalue weighted by Crippen LogP contribution is 2.21. The first-order valence-electron chi connectivity index (χ1n) is 9.16. The number of rotatable bonds is 3. The van der Waals surface area contributed by atoms with Gasteiger partial charge in [0.1, 0.15) is 0 Å². The van der Waals surface area contributed by atoms with Crippen LogP contribution in [-0.2, 0) is 0 Å². The van der Waals surface area contributed by atoms with E-state index in [0.29, 0.717) is 13.1 Å². The molecule has 1 aliphatic rings. The highest BCUT2D eigenvalue weighted by atomic mass is 16.2. The van der Waals surface area contributed by atoms with Crippen molar-refractivity contribution in [2.24, 2.45) is 0 Å². The number of nitrogens with zero attached hydrogens (tertiary/aromatic N) is 5. The summed E-state index contributed by atoms with van der Waals surface area (Å²) in [5.74, 6) is 1.79. The van der Waals surface area contributed by atoms with Gasteiger partial charge in [-0.15, -0.1) is 10.2 Å². The van der Waals surface area contributed by atoms with Gasteiger partial charge in [-0.3, -0.25) is 4.79 Å². The molecule has 0 bridgehead atoms. The van der Waals surface area contributed by atoms with E-state index in [9.17, 15) is 4.79 Å². The van der Waals surface area contributed by atoms with Gasteiger partial charge in [0, 0.05) is 45.8 Å². The molecule has 0 N–H and O–H groups in total. The molecule has 1 saturated heterocycles. The van der Waals surface area contributed by atoms with Crippen LogP contribution in [0.4, 0.5) is 11.6 Å². The summed E-state index contributed by atoms with van der Waals surface area (Å²) in [6.45, 7) is 2.87. The molecular weight excluding hydrogens is 338 g/mol. The monoisotopic (exact) mass is 361 g/mol. The topological polar surface area (TPSA) is 52.6 Å². The zero-order valence-corrected chi connectivity index (χ0v) is 15.7. The maximum Gasteiger partial charge on any atom is 0.254 e. The Morgan fingerprint density at radius 1 is 0.889 bits per heavy atom. The van der Waals surface area contributed by atoms with Gasteiger partial charge in [0.25, 0.3) is 5.91 Å². The summed E-state index contributed by atoms with van der Waals surface area (Å²) in [5, 5.41) is 10.7. The predicted molar refractivity (Wildman–Crippen MR) is 108 cm³/mol. The molecule has 1 aromatic heterocycles. The summed E-state index contributed by atoms with van der Waals surface area (Å²) >= 11 is 0. The number of fused-ring (bicyclic) bond motifs is 1. The van der Waals surface area contributed by atoms with Crippen LogP contribution in [0.3, 0.4) is 0 Å². The lowest BCUT2D eigenvalue weighted by Crippen LogP contribution is -2.49. The molecule has 27 heavy (non-hydrogen) atoms. The zero-order valence-electron chi connectivity index (χ0n) is 15.7. The summed E-state index contributed by atoms with van der Waals surface area (Å²) in [7, 11) is 3.89. The number of anilines is 2. The van der Waals surface area contributed by atoms with Gasteiger partial charge < -0.3 is 14.7 Å². The third kappa shape index (κ3) is 3.43. The van der Waals surface area contributed by atoms with Crippen molar-refractivity contribution in [1.82, 2.24) is 15.1 Å². The summed E-state index contributed by atoms with van der Waals surface area (Å²) in [6, 6.07) is 17.9. The van der Waals surface area contributed by atoms with E-state index in [4.69, 9.17) is 0 Å². The molecule has 0 saturated carbocycles. The minimum absolute atomic E-state index is 0.0977. The molecule has 138 valence electrons. The minimum Gasteiger partial charge on any atom is -0.361 e. The Bertz CT molecular complexity index is 941. The number of carbonyl (C=O) groups is 1. The molecule has 3 aromatic rings. The Hall–Kier alpha value is -3.15. The van der Waals surface area contributed by atoms with Crippen LogP contribution in [0, 0.1) is 0 Å². The van der Waals surface area contributed by atoms with E-state index in [1.807, 2.05) is 78.5 Å². The molecule has 1 amide bonds. The maximum atomic E-state index is 13.1. The predicted octanol–water partition coefficient (Wildman–Crippen LogP) is 2.66. The number of aromatic nitrogens is 2. The first-order chi connectivity index (χ1) is 13.1. The second-order valence-electron chi connectivity index (χ2n) is 6.95. The molecule has 0 unspecified atom stereocenters. The van der Waals surface area contributed by atoms with Crippen LogP contribution in [0.25, 0.3) is 10.8 Å². The van der Waals surface area contributed by atoms with Gasteiger partial charge in [-0.2, -0.15) is 0 Å². The van der Waals surface area contributed by atoms with Crippen LogP contribution < -0.4 is 9.80 Å². The zero-order chi connectivity index (χ0) is 18.8. The van der Waals surface area contributed by atoms with Crippen LogP contribution >= 0.6 is 0 Å². The lowest BCUT2D eigenvalue weighted by molar-refractivity contribution is 0.0748. The van der Waals surface area contributed by atoms with Crippen molar-refractivity contribution in [3.05, 3.63) is 60.2 Å².